The number of para-hydroxylation sites is 1. The van der Waals surface area contributed by atoms with E-state index in [0.717, 1.165) is 22.3 Å². The Labute approximate surface area is 137 Å². The Morgan fingerprint density at radius 2 is 1.88 bits per heavy atom. The molecule has 0 aliphatic heterocycles. The van der Waals surface area contributed by atoms with Crippen LogP contribution in [0.2, 0.25) is 0 Å². The molecule has 24 heavy (non-hydrogen) atoms. The molecule has 1 aromatic carbocycles. The van der Waals surface area contributed by atoms with Crippen LogP contribution in [0.4, 0.5) is 5.69 Å². The molecule has 0 spiro atoms. The molecule has 0 unspecified atom stereocenters. The number of aromatic nitrogens is 3. The van der Waals surface area contributed by atoms with Crippen molar-refractivity contribution in [2.75, 3.05) is 0 Å². The highest BCUT2D eigenvalue weighted by Gasteiger charge is 2.17. The smallest absolute Gasteiger partial charge is 0.278 e. The van der Waals surface area contributed by atoms with Crippen LogP contribution in [0.3, 0.4) is 0 Å². The first-order valence-corrected chi connectivity index (χ1v) is 7.54. The fourth-order valence-corrected chi connectivity index (χ4v) is 3.04. The Hall–Kier alpha value is -3.28. The van der Waals surface area contributed by atoms with Crippen molar-refractivity contribution in [3.8, 4) is 11.3 Å². The molecule has 6 heteroatoms. The number of hydrogen-bond acceptors (Lipinski definition) is 4. The summed E-state index contributed by atoms with van der Waals surface area (Å²) in [5.74, 6) is 0. The highest BCUT2D eigenvalue weighted by Crippen LogP contribution is 2.30. The number of nitro groups is 1. The van der Waals surface area contributed by atoms with Gasteiger partial charge in [-0.2, -0.15) is 0 Å². The number of imidazole rings is 1. The van der Waals surface area contributed by atoms with Crippen molar-refractivity contribution >= 4 is 22.4 Å². The third-order valence-electron chi connectivity index (χ3n) is 4.11. The monoisotopic (exact) mass is 318 g/mol. The number of aryl methyl sites for hydroxylation is 2. The average Bonchev–Trinajstić information content (AvgIpc) is 2.99. The van der Waals surface area contributed by atoms with Crippen molar-refractivity contribution in [2.24, 2.45) is 0 Å². The Bertz CT molecular complexity index is 1110. The fraction of sp³-hybridized carbons (Fsp3) is 0.111. The SMILES string of the molecule is Cc1cc(C)c2ccc3nc(-c4ccccc4[N+](=O)[O-])cn3c2n1. The van der Waals surface area contributed by atoms with Crippen molar-refractivity contribution in [1.82, 2.24) is 14.4 Å². The minimum atomic E-state index is -0.385. The summed E-state index contributed by atoms with van der Waals surface area (Å²) in [5.41, 5.74) is 4.70. The minimum absolute atomic E-state index is 0.0468. The van der Waals surface area contributed by atoms with Crippen LogP contribution >= 0.6 is 0 Å². The largest absolute Gasteiger partial charge is 0.283 e. The number of benzene rings is 1. The maximum atomic E-state index is 11.3. The molecular weight excluding hydrogens is 304 g/mol. The van der Waals surface area contributed by atoms with Gasteiger partial charge in [0.25, 0.3) is 5.69 Å². The van der Waals surface area contributed by atoms with Crippen molar-refractivity contribution in [2.45, 2.75) is 13.8 Å². The standard InChI is InChI=1S/C18H14N4O2/c1-11-9-12(2)19-18-13(11)7-8-17-20-15(10-21(17)18)14-5-3-4-6-16(14)22(23)24/h3-10H,1-2H3. The molecule has 0 radical (unpaired) electrons. The molecule has 0 N–H and O–H groups in total. The van der Waals surface area contributed by atoms with Crippen molar-refractivity contribution in [3.63, 3.8) is 0 Å². The second-order valence-corrected chi connectivity index (χ2v) is 5.78. The fourth-order valence-electron chi connectivity index (χ4n) is 3.04. The number of fused-ring (bicyclic) bond motifs is 3. The Kier molecular flexibility index (Phi) is 3.06. The van der Waals surface area contributed by atoms with Gasteiger partial charge in [-0.3, -0.25) is 14.5 Å². The number of pyridine rings is 2. The number of rotatable bonds is 2. The van der Waals surface area contributed by atoms with Crippen LogP contribution in [0.25, 0.3) is 27.9 Å². The Morgan fingerprint density at radius 3 is 2.67 bits per heavy atom. The quantitative estimate of drug-likeness (QED) is 0.412. The predicted octanol–water partition coefficient (Wildman–Crippen LogP) is 4.07. The summed E-state index contributed by atoms with van der Waals surface area (Å²) in [4.78, 5) is 20.1. The van der Waals surface area contributed by atoms with E-state index in [-0.39, 0.29) is 10.6 Å². The summed E-state index contributed by atoms with van der Waals surface area (Å²) in [7, 11) is 0. The second kappa shape index (κ2) is 5.13. The molecule has 4 rings (SSSR count). The highest BCUT2D eigenvalue weighted by atomic mass is 16.6. The molecule has 4 aromatic rings. The van der Waals surface area contributed by atoms with Gasteiger partial charge in [0.1, 0.15) is 11.3 Å². The van der Waals surface area contributed by atoms with Gasteiger partial charge in [0.05, 0.1) is 16.2 Å². The zero-order valence-corrected chi connectivity index (χ0v) is 13.2. The lowest BCUT2D eigenvalue weighted by atomic mass is 10.1. The van der Waals surface area contributed by atoms with Crippen LogP contribution in [-0.2, 0) is 0 Å². The molecule has 0 amide bonds. The molecule has 0 aliphatic rings. The average molecular weight is 318 g/mol. The maximum absolute atomic E-state index is 11.3. The summed E-state index contributed by atoms with van der Waals surface area (Å²) in [6.07, 6.45) is 1.81. The summed E-state index contributed by atoms with van der Waals surface area (Å²) < 4.78 is 1.89. The first kappa shape index (κ1) is 14.3. The molecule has 0 saturated carbocycles. The third-order valence-corrected chi connectivity index (χ3v) is 4.11. The minimum Gasteiger partial charge on any atom is -0.283 e. The molecule has 0 aliphatic carbocycles. The summed E-state index contributed by atoms with van der Waals surface area (Å²) in [5, 5.41) is 12.3. The van der Waals surface area contributed by atoms with Crippen molar-refractivity contribution < 1.29 is 4.92 Å². The van der Waals surface area contributed by atoms with Crippen molar-refractivity contribution in [3.05, 3.63) is 70.0 Å². The number of nitro benzene ring substituents is 1. The van der Waals surface area contributed by atoms with E-state index >= 15 is 0 Å². The summed E-state index contributed by atoms with van der Waals surface area (Å²) in [6, 6.07) is 12.6. The van der Waals surface area contributed by atoms with Crippen LogP contribution in [0, 0.1) is 24.0 Å². The van der Waals surface area contributed by atoms with E-state index in [1.807, 2.05) is 42.6 Å². The van der Waals surface area contributed by atoms with Gasteiger partial charge >= 0.3 is 0 Å². The molecule has 0 atom stereocenters. The van der Waals surface area contributed by atoms with Gasteiger partial charge in [0, 0.05) is 23.3 Å². The van der Waals surface area contributed by atoms with E-state index in [1.54, 1.807) is 18.2 Å². The normalized spacial score (nSPS) is 11.2. The first-order valence-electron chi connectivity index (χ1n) is 7.54. The number of hydrogen-bond donors (Lipinski definition) is 0. The van der Waals surface area contributed by atoms with Gasteiger partial charge in [0.15, 0.2) is 0 Å². The second-order valence-electron chi connectivity index (χ2n) is 5.78. The van der Waals surface area contributed by atoms with Gasteiger partial charge < -0.3 is 0 Å². The zero-order chi connectivity index (χ0) is 16.8. The lowest BCUT2D eigenvalue weighted by Gasteiger charge is -2.05. The molecule has 6 nitrogen and oxygen atoms in total. The van der Waals surface area contributed by atoms with Gasteiger partial charge in [-0.05, 0) is 43.7 Å². The Morgan fingerprint density at radius 1 is 1.08 bits per heavy atom. The number of nitrogens with zero attached hydrogens (tertiary/aromatic N) is 4. The van der Waals surface area contributed by atoms with Gasteiger partial charge in [-0.1, -0.05) is 12.1 Å². The molecule has 3 aromatic heterocycles. The summed E-state index contributed by atoms with van der Waals surface area (Å²) >= 11 is 0. The molecule has 118 valence electrons. The van der Waals surface area contributed by atoms with E-state index in [1.165, 1.54) is 6.07 Å². The Balaban J connectivity index is 2.03. The first-order chi connectivity index (χ1) is 11.5. The summed E-state index contributed by atoms with van der Waals surface area (Å²) in [6.45, 7) is 3.99. The van der Waals surface area contributed by atoms with E-state index in [2.05, 4.69) is 9.97 Å². The van der Waals surface area contributed by atoms with Gasteiger partial charge in [-0.15, -0.1) is 0 Å². The van der Waals surface area contributed by atoms with E-state index < -0.39 is 0 Å². The lowest BCUT2D eigenvalue weighted by molar-refractivity contribution is -0.384. The molecule has 0 fully saturated rings. The highest BCUT2D eigenvalue weighted by molar-refractivity contribution is 5.83. The molecule has 0 saturated heterocycles. The maximum Gasteiger partial charge on any atom is 0.278 e. The predicted molar refractivity (Wildman–Crippen MR) is 92.1 cm³/mol. The molecule has 3 heterocycles. The topological polar surface area (TPSA) is 73.3 Å². The van der Waals surface area contributed by atoms with Crippen LogP contribution in [0.5, 0.6) is 0 Å². The van der Waals surface area contributed by atoms with E-state index in [4.69, 9.17) is 0 Å². The van der Waals surface area contributed by atoms with Crippen LogP contribution in [-0.4, -0.2) is 19.3 Å². The van der Waals surface area contributed by atoms with Crippen LogP contribution in [0.1, 0.15) is 11.3 Å². The van der Waals surface area contributed by atoms with Crippen LogP contribution < -0.4 is 0 Å². The van der Waals surface area contributed by atoms with Crippen molar-refractivity contribution in [1.29, 1.82) is 0 Å². The van der Waals surface area contributed by atoms with Gasteiger partial charge in [-0.25, -0.2) is 9.97 Å². The lowest BCUT2D eigenvalue weighted by Crippen LogP contribution is -1.94. The van der Waals surface area contributed by atoms with E-state index in [0.29, 0.717) is 16.9 Å². The third kappa shape index (κ3) is 2.11. The molecule has 0 bridgehead atoms. The van der Waals surface area contributed by atoms with E-state index in [9.17, 15) is 10.1 Å². The van der Waals surface area contributed by atoms with Crippen LogP contribution in [0.15, 0.2) is 48.7 Å². The molecular formula is C18H14N4O2. The zero-order valence-electron chi connectivity index (χ0n) is 13.2. The van der Waals surface area contributed by atoms with Gasteiger partial charge in [0.2, 0.25) is 0 Å².